The van der Waals surface area contributed by atoms with Gasteiger partial charge in [-0.3, -0.25) is 9.59 Å². The molecule has 1 saturated heterocycles. The van der Waals surface area contributed by atoms with Gasteiger partial charge in [0.1, 0.15) is 18.0 Å². The second-order valence-electron chi connectivity index (χ2n) is 12.6. The number of hydrogen-bond donors (Lipinski definition) is 2. The van der Waals surface area contributed by atoms with Crippen molar-refractivity contribution >= 4 is 46.7 Å². The fourth-order valence-electron chi connectivity index (χ4n) is 5.85. The van der Waals surface area contributed by atoms with Gasteiger partial charge in [0.25, 0.3) is 0 Å². The molecule has 2 aliphatic rings. The number of carbonyl (C=O) groups is 2. The van der Waals surface area contributed by atoms with Crippen LogP contribution in [0.5, 0.6) is 0 Å². The second-order valence-corrected chi connectivity index (χ2v) is 14.1. The molecular weight excluding hydrogens is 588 g/mol. The van der Waals surface area contributed by atoms with Gasteiger partial charge in [-0.2, -0.15) is 0 Å². The molecule has 7 atom stereocenters. The smallest absolute Gasteiger partial charge is 0.309 e. The van der Waals surface area contributed by atoms with Crippen molar-refractivity contribution in [1.29, 1.82) is 0 Å². The number of fused-ring (bicyclic) bond motifs is 1. The maximum absolute atomic E-state index is 13.4. The molecule has 0 spiro atoms. The molecule has 0 aliphatic carbocycles. The Bertz CT molecular complexity index is 1370. The summed E-state index contributed by atoms with van der Waals surface area (Å²) < 4.78 is 12.5. The number of aliphatic hydroxyl groups is 2. The first-order valence-corrected chi connectivity index (χ1v) is 16.2. The zero-order valence-corrected chi connectivity index (χ0v) is 27.3. The topological polar surface area (TPSA) is 118 Å². The van der Waals surface area contributed by atoms with E-state index in [2.05, 4.69) is 4.98 Å². The van der Waals surface area contributed by atoms with Crippen LogP contribution in [0, 0.1) is 24.2 Å². The van der Waals surface area contributed by atoms with Crippen LogP contribution in [0.25, 0.3) is 6.08 Å². The third-order valence-electron chi connectivity index (χ3n) is 8.78. The Morgan fingerprint density at radius 2 is 1.91 bits per heavy atom. The maximum atomic E-state index is 13.4. The Balaban J connectivity index is 1.68. The van der Waals surface area contributed by atoms with E-state index in [1.807, 2.05) is 50.4 Å². The molecule has 1 fully saturated rings. The first-order valence-electron chi connectivity index (χ1n) is 15.0. The zero-order valence-electron chi connectivity index (χ0n) is 25.7. The minimum atomic E-state index is -1.29. The van der Waals surface area contributed by atoms with Gasteiger partial charge in [-0.05, 0) is 62.5 Å². The van der Waals surface area contributed by atoms with E-state index in [0.29, 0.717) is 30.2 Å². The predicted molar refractivity (Wildman–Crippen MR) is 169 cm³/mol. The lowest BCUT2D eigenvalue weighted by atomic mass is 9.73. The van der Waals surface area contributed by atoms with Crippen LogP contribution >= 0.6 is 22.9 Å². The fraction of sp³-hybridized carbons (Fsp3) is 0.576. The molecule has 3 heterocycles. The molecular formula is C33H43ClN2O6S. The van der Waals surface area contributed by atoms with Gasteiger partial charge >= 0.3 is 5.97 Å². The SMILES string of the molecule is C/C(=C\c1csc(C)n1)[C@@H]1C[C@@H]2OC(c3cccc(Cl)c3)=NC2CCC[C@H](C)[C@H](O)[C@@H](C)C(=O)C(C)(C)[C@@H](O)CC(=O)O1. The standard InChI is InChI=1S/C33H43ClN2O6S/c1-18-9-7-12-25-27(42-32(36-25)22-10-8-11-23(34)14-22)15-26(19(2)13-24-17-43-21(4)35-24)41-29(38)16-28(37)33(5,6)31(40)20(3)30(18)39/h8,10-11,13-14,17-18,20,25-28,30,37,39H,7,9,12,15-16H2,1-6H3/b19-13+/t18-,20+,25?,26-,27-,28-,30-/m0/s1. The molecule has 2 aromatic rings. The highest BCUT2D eigenvalue weighted by molar-refractivity contribution is 7.09. The summed E-state index contributed by atoms with van der Waals surface area (Å²) in [6.07, 6.45) is 0.767. The van der Waals surface area contributed by atoms with Gasteiger partial charge < -0.3 is 19.7 Å². The summed E-state index contributed by atoms with van der Waals surface area (Å²) >= 11 is 7.79. The lowest BCUT2D eigenvalue weighted by molar-refractivity contribution is -0.155. The van der Waals surface area contributed by atoms with Crippen LogP contribution in [0.1, 0.15) is 83.0 Å². The van der Waals surface area contributed by atoms with E-state index < -0.39 is 35.6 Å². The van der Waals surface area contributed by atoms with Crippen LogP contribution < -0.4 is 0 Å². The number of esters is 1. The number of hydrogen-bond acceptors (Lipinski definition) is 9. The number of halogens is 1. The Labute approximate surface area is 263 Å². The molecule has 4 rings (SSSR count). The Kier molecular flexibility index (Phi) is 10.9. The van der Waals surface area contributed by atoms with Crippen LogP contribution in [0.3, 0.4) is 0 Å². The summed E-state index contributed by atoms with van der Waals surface area (Å²) in [5, 5.41) is 25.6. The number of aryl methyl sites for hydroxylation is 1. The molecule has 1 aromatic heterocycles. The molecule has 0 amide bonds. The van der Waals surface area contributed by atoms with Crippen molar-refractivity contribution in [2.24, 2.45) is 22.2 Å². The number of nitrogens with zero attached hydrogens (tertiary/aromatic N) is 2. The fourth-order valence-corrected chi connectivity index (χ4v) is 6.62. The lowest BCUT2D eigenvalue weighted by Gasteiger charge is -2.34. The minimum absolute atomic E-state index is 0.151. The lowest BCUT2D eigenvalue weighted by Crippen LogP contribution is -2.46. The van der Waals surface area contributed by atoms with Crippen molar-refractivity contribution in [3.05, 3.63) is 56.5 Å². The van der Waals surface area contributed by atoms with Crippen molar-refractivity contribution in [1.82, 2.24) is 4.98 Å². The van der Waals surface area contributed by atoms with E-state index >= 15 is 0 Å². The summed E-state index contributed by atoms with van der Waals surface area (Å²) in [7, 11) is 0. The van der Waals surface area contributed by atoms with E-state index in [0.717, 1.165) is 28.3 Å². The number of aromatic nitrogens is 1. The third kappa shape index (κ3) is 8.12. The largest absolute Gasteiger partial charge is 0.472 e. The molecule has 10 heteroatoms. The number of aliphatic hydroxyl groups excluding tert-OH is 2. The van der Waals surface area contributed by atoms with Crippen molar-refractivity contribution in [2.75, 3.05) is 0 Å². The minimum Gasteiger partial charge on any atom is -0.472 e. The molecule has 2 aliphatic heterocycles. The molecule has 0 radical (unpaired) electrons. The van der Waals surface area contributed by atoms with Crippen molar-refractivity contribution < 1.29 is 29.3 Å². The molecule has 8 nitrogen and oxygen atoms in total. The molecule has 0 saturated carbocycles. The summed E-state index contributed by atoms with van der Waals surface area (Å²) in [5.41, 5.74) is 1.07. The Morgan fingerprint density at radius 1 is 1.16 bits per heavy atom. The van der Waals surface area contributed by atoms with E-state index in [9.17, 15) is 19.8 Å². The number of benzene rings is 1. The number of ketones is 1. The van der Waals surface area contributed by atoms with E-state index in [-0.39, 0.29) is 30.3 Å². The van der Waals surface area contributed by atoms with Gasteiger partial charge in [-0.25, -0.2) is 9.98 Å². The van der Waals surface area contributed by atoms with Crippen molar-refractivity contribution in [3.8, 4) is 0 Å². The number of carbonyl (C=O) groups excluding carboxylic acids is 2. The van der Waals surface area contributed by atoms with Crippen LogP contribution in [-0.4, -0.2) is 63.3 Å². The van der Waals surface area contributed by atoms with Crippen molar-refractivity contribution in [3.63, 3.8) is 0 Å². The maximum Gasteiger partial charge on any atom is 0.309 e. The van der Waals surface area contributed by atoms with Gasteiger partial charge in [0, 0.05) is 28.3 Å². The molecule has 1 unspecified atom stereocenters. The van der Waals surface area contributed by atoms with E-state index in [1.54, 1.807) is 26.8 Å². The van der Waals surface area contributed by atoms with Crippen LogP contribution in [-0.2, 0) is 19.1 Å². The van der Waals surface area contributed by atoms with E-state index in [4.69, 9.17) is 26.1 Å². The first-order chi connectivity index (χ1) is 20.3. The van der Waals surface area contributed by atoms with Gasteiger partial charge in [0.15, 0.2) is 0 Å². The third-order valence-corrected chi connectivity index (χ3v) is 9.81. The van der Waals surface area contributed by atoms with Gasteiger partial charge in [-0.15, -0.1) is 11.3 Å². The average molecular weight is 631 g/mol. The van der Waals surface area contributed by atoms with Crippen LogP contribution in [0.4, 0.5) is 0 Å². The summed E-state index contributed by atoms with van der Waals surface area (Å²) in [6.45, 7) is 10.7. The average Bonchev–Trinajstić information content (AvgIpc) is 3.55. The highest BCUT2D eigenvalue weighted by Crippen LogP contribution is 2.34. The molecule has 0 bridgehead atoms. The second kappa shape index (κ2) is 14.0. The zero-order chi connectivity index (χ0) is 31.5. The highest BCUT2D eigenvalue weighted by atomic mass is 35.5. The van der Waals surface area contributed by atoms with Gasteiger partial charge in [0.05, 0.1) is 40.8 Å². The number of ether oxygens (including phenoxy) is 2. The number of aliphatic imine (C=N–C) groups is 1. The van der Waals surface area contributed by atoms with Crippen molar-refractivity contribution in [2.45, 2.75) is 104 Å². The number of thiazole rings is 1. The van der Waals surface area contributed by atoms with Gasteiger partial charge in [-0.1, -0.05) is 51.8 Å². The monoisotopic (exact) mass is 630 g/mol. The summed E-state index contributed by atoms with van der Waals surface area (Å²) in [4.78, 5) is 36.2. The summed E-state index contributed by atoms with van der Waals surface area (Å²) in [5.74, 6) is -1.29. The molecule has 1 aromatic carbocycles. The molecule has 2 N–H and O–H groups in total. The predicted octanol–water partition coefficient (Wildman–Crippen LogP) is 6.19. The molecule has 234 valence electrons. The first kappa shape index (κ1) is 33.3. The number of Topliss-reactive ketones (excluding diaryl/α,β-unsaturated/α-hetero) is 1. The normalized spacial score (nSPS) is 31.1. The number of cyclic esters (lactones) is 1. The van der Waals surface area contributed by atoms with E-state index in [1.165, 1.54) is 11.3 Å². The van der Waals surface area contributed by atoms with Gasteiger partial charge in [0.2, 0.25) is 5.90 Å². The van der Waals surface area contributed by atoms with Crippen LogP contribution in [0.15, 0.2) is 40.2 Å². The molecule has 43 heavy (non-hydrogen) atoms. The number of rotatable bonds is 3. The quantitative estimate of drug-likeness (QED) is 0.388. The highest BCUT2D eigenvalue weighted by Gasteiger charge is 2.43. The summed E-state index contributed by atoms with van der Waals surface area (Å²) in [6, 6.07) is 7.12. The van der Waals surface area contributed by atoms with Crippen LogP contribution in [0.2, 0.25) is 5.02 Å². The Morgan fingerprint density at radius 3 is 2.58 bits per heavy atom. The Hall–Kier alpha value is -2.59.